The zero-order chi connectivity index (χ0) is 8.55. The Kier molecular flexibility index (Phi) is 2.09. The number of hydrogen-bond donors (Lipinski definition) is 0. The largest absolute Gasteiger partial charge is 0.455 e. The van der Waals surface area contributed by atoms with Gasteiger partial charge in [0.1, 0.15) is 6.10 Å². The number of ether oxygens (including phenoxy) is 1. The first-order valence-electron chi connectivity index (χ1n) is 4.19. The summed E-state index contributed by atoms with van der Waals surface area (Å²) in [6, 6.07) is 0. The highest BCUT2D eigenvalue weighted by Crippen LogP contribution is 2.34. The quantitative estimate of drug-likeness (QED) is 0.420. The first-order valence-corrected chi connectivity index (χ1v) is 5.07. The molecule has 0 amide bonds. The van der Waals surface area contributed by atoms with Gasteiger partial charge in [0.25, 0.3) is 5.12 Å². The van der Waals surface area contributed by atoms with Crippen LogP contribution in [0, 0.1) is 0 Å². The number of thioether (sulfide) groups is 1. The van der Waals surface area contributed by atoms with Crippen molar-refractivity contribution in [3.63, 3.8) is 0 Å². The molecular formula is C8H10O3S. The maximum Gasteiger partial charge on any atom is 0.386 e. The predicted octanol–water partition coefficient (Wildman–Crippen LogP) is 1.11. The fourth-order valence-electron chi connectivity index (χ4n) is 1.70. The van der Waals surface area contributed by atoms with Gasteiger partial charge in [-0.3, -0.25) is 4.79 Å². The molecule has 0 aromatic rings. The second-order valence-corrected chi connectivity index (χ2v) is 4.38. The van der Waals surface area contributed by atoms with Crippen LogP contribution in [0.2, 0.25) is 0 Å². The van der Waals surface area contributed by atoms with Crippen LogP contribution in [-0.4, -0.2) is 22.4 Å². The van der Waals surface area contributed by atoms with Crippen molar-refractivity contribution in [3.8, 4) is 0 Å². The Morgan fingerprint density at radius 3 is 2.83 bits per heavy atom. The number of carbonyl (C=O) groups is 2. The van der Waals surface area contributed by atoms with E-state index in [0.717, 1.165) is 37.4 Å². The Hall–Kier alpha value is -0.510. The lowest BCUT2D eigenvalue weighted by Crippen LogP contribution is -2.40. The third-order valence-electron chi connectivity index (χ3n) is 2.33. The molecule has 1 aliphatic carbocycles. The van der Waals surface area contributed by atoms with Crippen LogP contribution in [0.1, 0.15) is 25.7 Å². The molecule has 1 saturated carbocycles. The molecule has 4 heteroatoms. The third kappa shape index (κ3) is 1.35. The Balaban J connectivity index is 2.07. The summed E-state index contributed by atoms with van der Waals surface area (Å²) in [5.41, 5.74) is 0. The summed E-state index contributed by atoms with van der Waals surface area (Å²) in [7, 11) is 0. The minimum Gasteiger partial charge on any atom is -0.455 e. The summed E-state index contributed by atoms with van der Waals surface area (Å²) in [4.78, 5) is 21.8. The number of hydrogen-bond acceptors (Lipinski definition) is 4. The smallest absolute Gasteiger partial charge is 0.386 e. The summed E-state index contributed by atoms with van der Waals surface area (Å²) in [6.07, 6.45) is 4.21. The highest BCUT2D eigenvalue weighted by Gasteiger charge is 2.38. The van der Waals surface area contributed by atoms with E-state index in [2.05, 4.69) is 0 Å². The van der Waals surface area contributed by atoms with Gasteiger partial charge in [-0.1, -0.05) is 18.2 Å². The zero-order valence-electron chi connectivity index (χ0n) is 6.62. The van der Waals surface area contributed by atoms with Crippen molar-refractivity contribution in [1.82, 2.24) is 0 Å². The Morgan fingerprint density at radius 2 is 2.00 bits per heavy atom. The van der Waals surface area contributed by atoms with Gasteiger partial charge in [-0.2, -0.15) is 0 Å². The van der Waals surface area contributed by atoms with Crippen LogP contribution in [-0.2, 0) is 14.3 Å². The summed E-state index contributed by atoms with van der Waals surface area (Å²) in [6.45, 7) is 0. The molecule has 0 radical (unpaired) electrons. The Bertz CT molecular complexity index is 202. The third-order valence-corrected chi connectivity index (χ3v) is 3.55. The molecule has 2 rings (SSSR count). The molecule has 0 spiro atoms. The van der Waals surface area contributed by atoms with Crippen LogP contribution in [0.3, 0.4) is 0 Å². The van der Waals surface area contributed by atoms with E-state index >= 15 is 0 Å². The Morgan fingerprint density at radius 1 is 1.25 bits per heavy atom. The zero-order valence-corrected chi connectivity index (χ0v) is 7.43. The molecule has 0 aromatic carbocycles. The fraction of sp³-hybridized carbons (Fsp3) is 0.750. The number of fused-ring (bicyclic) bond motifs is 1. The van der Waals surface area contributed by atoms with E-state index in [1.807, 2.05) is 0 Å². The normalized spacial score (nSPS) is 35.7. The summed E-state index contributed by atoms with van der Waals surface area (Å²) < 4.78 is 4.99. The van der Waals surface area contributed by atoms with Gasteiger partial charge in [-0.05, 0) is 19.3 Å². The first kappa shape index (κ1) is 8.10. The first-order chi connectivity index (χ1) is 5.77. The van der Waals surface area contributed by atoms with E-state index in [-0.39, 0.29) is 11.4 Å². The second-order valence-electron chi connectivity index (χ2n) is 3.17. The highest BCUT2D eigenvalue weighted by atomic mass is 32.2. The van der Waals surface area contributed by atoms with Crippen molar-refractivity contribution >= 4 is 22.8 Å². The van der Waals surface area contributed by atoms with E-state index in [0.29, 0.717) is 0 Å². The van der Waals surface area contributed by atoms with Crippen LogP contribution in [0.25, 0.3) is 0 Å². The molecule has 1 aliphatic heterocycles. The molecule has 0 aromatic heterocycles. The van der Waals surface area contributed by atoms with E-state index in [9.17, 15) is 9.59 Å². The SMILES string of the molecule is O=C1OC2CCCCC2SC1=O. The molecule has 1 saturated heterocycles. The van der Waals surface area contributed by atoms with E-state index in [1.165, 1.54) is 0 Å². The lowest BCUT2D eigenvalue weighted by molar-refractivity contribution is -0.156. The van der Waals surface area contributed by atoms with Crippen LogP contribution < -0.4 is 0 Å². The lowest BCUT2D eigenvalue weighted by Gasteiger charge is -2.32. The van der Waals surface area contributed by atoms with Crippen LogP contribution in [0.5, 0.6) is 0 Å². The highest BCUT2D eigenvalue weighted by molar-refractivity contribution is 8.16. The molecule has 12 heavy (non-hydrogen) atoms. The molecular weight excluding hydrogens is 176 g/mol. The van der Waals surface area contributed by atoms with E-state index < -0.39 is 11.1 Å². The van der Waals surface area contributed by atoms with Crippen molar-refractivity contribution < 1.29 is 14.3 Å². The molecule has 2 unspecified atom stereocenters. The van der Waals surface area contributed by atoms with E-state index in [4.69, 9.17) is 4.74 Å². The van der Waals surface area contributed by atoms with Gasteiger partial charge in [-0.25, -0.2) is 4.79 Å². The van der Waals surface area contributed by atoms with Crippen molar-refractivity contribution in [3.05, 3.63) is 0 Å². The van der Waals surface area contributed by atoms with Crippen molar-refractivity contribution in [1.29, 1.82) is 0 Å². The lowest BCUT2D eigenvalue weighted by atomic mass is 9.97. The van der Waals surface area contributed by atoms with Gasteiger partial charge < -0.3 is 4.74 Å². The van der Waals surface area contributed by atoms with Crippen LogP contribution >= 0.6 is 11.8 Å². The second kappa shape index (κ2) is 3.09. The molecule has 3 nitrogen and oxygen atoms in total. The van der Waals surface area contributed by atoms with Crippen LogP contribution in [0.4, 0.5) is 0 Å². The van der Waals surface area contributed by atoms with Gasteiger partial charge in [0.15, 0.2) is 0 Å². The standard InChI is InChI=1S/C8H10O3S/c9-7-8(10)12-6-4-2-1-3-5(6)11-7/h5-6H,1-4H2. The van der Waals surface area contributed by atoms with Crippen LogP contribution in [0.15, 0.2) is 0 Å². The summed E-state index contributed by atoms with van der Waals surface area (Å²) in [5, 5.41) is -0.179. The van der Waals surface area contributed by atoms with Crippen molar-refractivity contribution in [2.75, 3.05) is 0 Å². The number of rotatable bonds is 0. The summed E-state index contributed by atoms with van der Waals surface area (Å²) >= 11 is 1.16. The molecule has 2 fully saturated rings. The minimum absolute atomic E-state index is 0.00829. The van der Waals surface area contributed by atoms with Gasteiger partial charge in [0.05, 0.1) is 0 Å². The summed E-state index contributed by atoms with van der Waals surface area (Å²) in [5.74, 6) is -0.650. The molecule has 0 bridgehead atoms. The molecule has 2 atom stereocenters. The monoisotopic (exact) mass is 186 g/mol. The van der Waals surface area contributed by atoms with Gasteiger partial charge >= 0.3 is 5.97 Å². The molecule has 2 aliphatic rings. The van der Waals surface area contributed by atoms with Gasteiger partial charge in [-0.15, -0.1) is 0 Å². The average molecular weight is 186 g/mol. The molecule has 0 N–H and O–H groups in total. The molecule has 1 heterocycles. The Labute approximate surface area is 74.8 Å². The van der Waals surface area contributed by atoms with E-state index in [1.54, 1.807) is 0 Å². The fourth-order valence-corrected chi connectivity index (χ4v) is 2.75. The number of carbonyl (C=O) groups excluding carboxylic acids is 2. The van der Waals surface area contributed by atoms with Crippen molar-refractivity contribution in [2.45, 2.75) is 37.0 Å². The number of esters is 1. The average Bonchev–Trinajstić information content (AvgIpc) is 2.07. The van der Waals surface area contributed by atoms with Gasteiger partial charge in [0.2, 0.25) is 0 Å². The predicted molar refractivity (Wildman–Crippen MR) is 44.7 cm³/mol. The molecule has 66 valence electrons. The van der Waals surface area contributed by atoms with Gasteiger partial charge in [0, 0.05) is 5.25 Å². The maximum atomic E-state index is 10.9. The minimum atomic E-state index is -0.650. The van der Waals surface area contributed by atoms with Crippen molar-refractivity contribution in [2.24, 2.45) is 0 Å². The topological polar surface area (TPSA) is 43.4 Å². The maximum absolute atomic E-state index is 10.9.